The Morgan fingerprint density at radius 1 is 0.290 bits per heavy atom. The van der Waals surface area contributed by atoms with Crippen molar-refractivity contribution < 1.29 is 80.2 Å². The molecule has 0 fully saturated rings. The van der Waals surface area contributed by atoms with Gasteiger partial charge >= 0.3 is 39.5 Å². The lowest BCUT2D eigenvalue weighted by molar-refractivity contribution is -0.161. The number of esters is 4. The molecule has 0 aromatic rings. The molecule has 0 saturated carbocycles. The summed E-state index contributed by atoms with van der Waals surface area (Å²) in [5.74, 6) is -0.659. The van der Waals surface area contributed by atoms with Gasteiger partial charge in [0.25, 0.3) is 0 Å². The highest BCUT2D eigenvalue weighted by Crippen LogP contribution is 2.45. The molecule has 3 N–H and O–H groups in total. The SMILES string of the molecule is CCCCCCCCCCCCCCCCCCCCCCC(=O)O[C@H](COC(=O)CCCCCCCCCCCC(C)C)COP(=O)(O)OC[C@@H](O)COP(=O)(O)OC[C@@H](COC(=O)CCCCCCCCCCCC)OC(=O)CCCCCCCCCCC(C)C. The maximum absolute atomic E-state index is 13.1. The number of unbranched alkanes of at least 4 members (excludes halogenated alkanes) is 43. The zero-order valence-corrected chi connectivity index (χ0v) is 62.3. The zero-order valence-electron chi connectivity index (χ0n) is 60.6. The number of aliphatic hydroxyl groups is 1. The molecule has 0 aliphatic heterocycles. The molecule has 0 amide bonds. The molecule has 0 spiro atoms. The van der Waals surface area contributed by atoms with Gasteiger partial charge in [-0.15, -0.1) is 0 Å². The lowest BCUT2D eigenvalue weighted by Crippen LogP contribution is -2.30. The molecule has 552 valence electrons. The van der Waals surface area contributed by atoms with E-state index in [4.69, 9.17) is 37.0 Å². The number of ether oxygens (including phenoxy) is 4. The molecule has 0 saturated heterocycles. The van der Waals surface area contributed by atoms with E-state index in [-0.39, 0.29) is 25.7 Å². The van der Waals surface area contributed by atoms with Crippen LogP contribution in [0.4, 0.5) is 0 Å². The number of hydrogen-bond donors (Lipinski definition) is 3. The number of hydrogen-bond acceptors (Lipinski definition) is 15. The molecule has 0 rings (SSSR count). The van der Waals surface area contributed by atoms with E-state index in [2.05, 4.69) is 41.5 Å². The smallest absolute Gasteiger partial charge is 0.462 e. The molecule has 2 unspecified atom stereocenters. The third-order valence-electron chi connectivity index (χ3n) is 17.2. The minimum absolute atomic E-state index is 0.105. The molecule has 0 bridgehead atoms. The van der Waals surface area contributed by atoms with Crippen molar-refractivity contribution in [1.29, 1.82) is 0 Å². The largest absolute Gasteiger partial charge is 0.472 e. The molecule has 19 heteroatoms. The van der Waals surface area contributed by atoms with Crippen LogP contribution in [0.25, 0.3) is 0 Å². The van der Waals surface area contributed by atoms with Gasteiger partial charge in [0.15, 0.2) is 12.2 Å². The first kappa shape index (κ1) is 91.1. The van der Waals surface area contributed by atoms with Crippen LogP contribution in [0.1, 0.15) is 382 Å². The number of phosphoric ester groups is 2. The molecule has 0 heterocycles. The second-order valence-electron chi connectivity index (χ2n) is 27.6. The number of aliphatic hydroxyl groups excluding tert-OH is 1. The average Bonchev–Trinajstić information content (AvgIpc) is 2.01. The van der Waals surface area contributed by atoms with Crippen molar-refractivity contribution in [3.63, 3.8) is 0 Å². The summed E-state index contributed by atoms with van der Waals surface area (Å²) in [6.45, 7) is 9.51. The summed E-state index contributed by atoms with van der Waals surface area (Å²) in [5, 5.41) is 10.6. The summed E-state index contributed by atoms with van der Waals surface area (Å²) >= 11 is 0. The van der Waals surface area contributed by atoms with Gasteiger partial charge in [0.1, 0.15) is 19.3 Å². The van der Waals surface area contributed by atoms with Crippen LogP contribution in [0.5, 0.6) is 0 Å². The molecule has 0 aliphatic rings. The number of phosphoric acid groups is 2. The molecule has 93 heavy (non-hydrogen) atoms. The summed E-state index contributed by atoms with van der Waals surface area (Å²) in [5.41, 5.74) is 0. The minimum Gasteiger partial charge on any atom is -0.462 e. The Kier molecular flexibility index (Phi) is 64.6. The minimum atomic E-state index is -4.95. The first-order chi connectivity index (χ1) is 44.9. The van der Waals surface area contributed by atoms with Crippen LogP contribution in [0, 0.1) is 11.8 Å². The quantitative estimate of drug-likeness (QED) is 0.0222. The maximum atomic E-state index is 13.1. The summed E-state index contributed by atoms with van der Waals surface area (Å²) in [6, 6.07) is 0. The van der Waals surface area contributed by atoms with Gasteiger partial charge in [-0.2, -0.15) is 0 Å². The molecule has 0 aromatic heterocycles. The van der Waals surface area contributed by atoms with Crippen LogP contribution in [0.15, 0.2) is 0 Å². The second-order valence-corrected chi connectivity index (χ2v) is 30.5. The average molecular weight is 1370 g/mol. The maximum Gasteiger partial charge on any atom is 0.472 e. The molecular weight excluding hydrogens is 1220 g/mol. The van der Waals surface area contributed by atoms with Crippen molar-refractivity contribution in [2.45, 2.75) is 400 Å². The lowest BCUT2D eigenvalue weighted by atomic mass is 10.0. The fourth-order valence-corrected chi connectivity index (χ4v) is 12.9. The normalized spacial score (nSPS) is 14.1. The number of rotatable bonds is 73. The van der Waals surface area contributed by atoms with Crippen LogP contribution in [-0.4, -0.2) is 96.7 Å². The third-order valence-corrected chi connectivity index (χ3v) is 19.1. The Balaban J connectivity index is 5.20. The topological polar surface area (TPSA) is 237 Å². The molecule has 0 aliphatic carbocycles. The van der Waals surface area contributed by atoms with Crippen LogP contribution in [-0.2, 0) is 65.4 Å². The van der Waals surface area contributed by atoms with Crippen molar-refractivity contribution in [2.24, 2.45) is 11.8 Å². The Morgan fingerprint density at radius 3 is 0.731 bits per heavy atom. The highest BCUT2D eigenvalue weighted by molar-refractivity contribution is 7.47. The van der Waals surface area contributed by atoms with E-state index in [1.165, 1.54) is 199 Å². The van der Waals surface area contributed by atoms with E-state index in [9.17, 15) is 43.2 Å². The third kappa shape index (κ3) is 68.4. The first-order valence-corrected chi connectivity index (χ1v) is 41.5. The van der Waals surface area contributed by atoms with Gasteiger partial charge in [-0.25, -0.2) is 9.13 Å². The van der Waals surface area contributed by atoms with Crippen molar-refractivity contribution in [3.05, 3.63) is 0 Å². The Hall–Kier alpha value is -1.94. The van der Waals surface area contributed by atoms with Gasteiger partial charge in [0.05, 0.1) is 26.4 Å². The summed E-state index contributed by atoms with van der Waals surface area (Å²) in [7, 11) is -9.90. The van der Waals surface area contributed by atoms with E-state index in [1.54, 1.807) is 0 Å². The van der Waals surface area contributed by atoms with Gasteiger partial charge in [-0.1, -0.05) is 330 Å². The summed E-state index contributed by atoms with van der Waals surface area (Å²) < 4.78 is 68.4. The van der Waals surface area contributed by atoms with Gasteiger partial charge in [0.2, 0.25) is 0 Å². The number of carbonyl (C=O) groups is 4. The zero-order chi connectivity index (χ0) is 68.6. The van der Waals surface area contributed by atoms with Gasteiger partial charge in [-0.3, -0.25) is 37.3 Å². The standard InChI is InChI=1S/C74H144O17P2/c1-7-9-11-13-15-17-19-20-21-22-23-24-25-26-27-28-32-40-46-52-58-73(78)90-69(62-85-72(77)57-51-45-39-33-29-30-36-42-48-54-66(3)4)64-88-92(80,81)86-60-68(75)61-87-93(82,83)89-65-70(63-84-71(76)56-50-44-38-31-18-16-14-12-10-8-2)91-74(79)59-53-47-41-35-34-37-43-49-55-67(5)6/h66-70,75H,7-65H2,1-6H3,(H,80,81)(H,82,83)/t68-,69-,70-/m1/s1. The van der Waals surface area contributed by atoms with Crippen molar-refractivity contribution in [2.75, 3.05) is 39.6 Å². The van der Waals surface area contributed by atoms with E-state index < -0.39 is 97.5 Å². The summed E-state index contributed by atoms with van der Waals surface area (Å²) in [6.07, 6.45) is 52.9. The van der Waals surface area contributed by atoms with E-state index >= 15 is 0 Å². The monoisotopic (exact) mass is 1370 g/mol. The van der Waals surface area contributed by atoms with Crippen LogP contribution >= 0.6 is 15.6 Å². The predicted octanol–water partition coefficient (Wildman–Crippen LogP) is 21.6. The van der Waals surface area contributed by atoms with E-state index in [0.717, 1.165) is 102 Å². The summed E-state index contributed by atoms with van der Waals surface area (Å²) in [4.78, 5) is 72.6. The Labute approximate surface area is 568 Å². The van der Waals surface area contributed by atoms with Gasteiger partial charge in [0, 0.05) is 25.7 Å². The van der Waals surface area contributed by atoms with Crippen molar-refractivity contribution in [1.82, 2.24) is 0 Å². The molecule has 5 atom stereocenters. The van der Waals surface area contributed by atoms with Crippen LogP contribution in [0.3, 0.4) is 0 Å². The van der Waals surface area contributed by atoms with Crippen molar-refractivity contribution >= 4 is 39.5 Å². The highest BCUT2D eigenvalue weighted by Gasteiger charge is 2.30. The molecule has 17 nitrogen and oxygen atoms in total. The predicted molar refractivity (Wildman–Crippen MR) is 377 cm³/mol. The van der Waals surface area contributed by atoms with Crippen LogP contribution < -0.4 is 0 Å². The van der Waals surface area contributed by atoms with Gasteiger partial charge in [-0.05, 0) is 37.5 Å². The fourth-order valence-electron chi connectivity index (χ4n) is 11.3. The van der Waals surface area contributed by atoms with Crippen molar-refractivity contribution in [3.8, 4) is 0 Å². The second kappa shape index (κ2) is 66.0. The van der Waals surface area contributed by atoms with Crippen LogP contribution in [0.2, 0.25) is 0 Å². The Morgan fingerprint density at radius 2 is 0.495 bits per heavy atom. The highest BCUT2D eigenvalue weighted by atomic mass is 31.2. The van der Waals surface area contributed by atoms with Gasteiger partial charge < -0.3 is 33.8 Å². The fraction of sp³-hybridized carbons (Fsp3) is 0.946. The molecule has 0 radical (unpaired) electrons. The first-order valence-electron chi connectivity index (χ1n) is 38.5. The lowest BCUT2D eigenvalue weighted by Gasteiger charge is -2.21. The molecular formula is C74H144O17P2. The molecule has 0 aromatic carbocycles. The Bertz CT molecular complexity index is 1800. The number of carbonyl (C=O) groups excluding carboxylic acids is 4. The van der Waals surface area contributed by atoms with E-state index in [0.29, 0.717) is 25.7 Å². The van der Waals surface area contributed by atoms with E-state index in [1.807, 2.05) is 0 Å².